The Morgan fingerprint density at radius 2 is 2.38 bits per heavy atom. The summed E-state index contributed by atoms with van der Waals surface area (Å²) >= 11 is 1.22. The number of aromatic nitrogens is 3. The highest BCUT2D eigenvalue weighted by Gasteiger charge is 2.17. The van der Waals surface area contributed by atoms with Crippen LogP contribution >= 0.6 is 11.8 Å². The van der Waals surface area contributed by atoms with Crippen molar-refractivity contribution in [2.75, 3.05) is 24.9 Å². The van der Waals surface area contributed by atoms with Crippen LogP contribution in [0.2, 0.25) is 0 Å². The van der Waals surface area contributed by atoms with E-state index in [0.717, 1.165) is 30.5 Å². The largest absolute Gasteiger partial charge is 0.861 e. The number of thioether (sulfide) groups is 1. The molecule has 0 radical (unpaired) electrons. The van der Waals surface area contributed by atoms with E-state index in [1.54, 1.807) is 19.1 Å². The van der Waals surface area contributed by atoms with Gasteiger partial charge in [0.25, 0.3) is 6.20 Å². The highest BCUT2D eigenvalue weighted by molar-refractivity contribution is 7.99. The molecule has 124 valence electrons. The summed E-state index contributed by atoms with van der Waals surface area (Å²) in [6.45, 7) is 0. The van der Waals surface area contributed by atoms with E-state index in [-0.39, 0.29) is 17.5 Å². The summed E-state index contributed by atoms with van der Waals surface area (Å²) < 4.78 is 4.96. The van der Waals surface area contributed by atoms with Crippen LogP contribution in [0.5, 0.6) is 0 Å². The van der Waals surface area contributed by atoms with Crippen molar-refractivity contribution >= 4 is 23.5 Å². The van der Waals surface area contributed by atoms with E-state index in [1.165, 1.54) is 22.7 Å². The standard InChI is InChI=1S/C15H16N6O2S/c1-20(2)21-8-14(23-19-21)18-13(22)9-24-15-11(7-16)6-10-4-3-5-12(10)17-15/h6,8H,3-5,9H2,1-2H3. The van der Waals surface area contributed by atoms with Gasteiger partial charge in [0.2, 0.25) is 5.27 Å². The topological polar surface area (TPSA) is 105 Å². The predicted octanol–water partition coefficient (Wildman–Crippen LogP) is 0.0977. The highest BCUT2D eigenvalue weighted by atomic mass is 32.2. The average molecular weight is 344 g/mol. The Morgan fingerprint density at radius 3 is 3.08 bits per heavy atom. The van der Waals surface area contributed by atoms with Crippen LogP contribution < -0.4 is 14.9 Å². The zero-order chi connectivity index (χ0) is 17.1. The van der Waals surface area contributed by atoms with Gasteiger partial charge in [-0.25, -0.2) is 9.98 Å². The lowest BCUT2D eigenvalue weighted by Crippen LogP contribution is -2.53. The average Bonchev–Trinajstić information content (AvgIpc) is 3.20. The van der Waals surface area contributed by atoms with Crippen LogP contribution in [-0.4, -0.2) is 36.0 Å². The summed E-state index contributed by atoms with van der Waals surface area (Å²) in [4.78, 5) is 9.81. The second-order valence-corrected chi connectivity index (χ2v) is 6.48. The van der Waals surface area contributed by atoms with Gasteiger partial charge in [-0.3, -0.25) is 4.52 Å². The van der Waals surface area contributed by atoms with Gasteiger partial charge in [0.05, 0.1) is 24.4 Å². The fourth-order valence-corrected chi connectivity index (χ4v) is 3.16. The molecule has 1 aliphatic rings. The minimum Gasteiger partial charge on any atom is -0.861 e. The van der Waals surface area contributed by atoms with Crippen LogP contribution in [-0.2, 0) is 12.8 Å². The number of fused-ring (bicyclic) bond motifs is 1. The van der Waals surface area contributed by atoms with Crippen LogP contribution in [0.15, 0.2) is 26.8 Å². The van der Waals surface area contributed by atoms with Crippen LogP contribution in [0.3, 0.4) is 0 Å². The number of hydrogen-bond donors (Lipinski definition) is 0. The molecule has 0 saturated heterocycles. The van der Waals surface area contributed by atoms with E-state index in [0.29, 0.717) is 10.6 Å². The maximum atomic E-state index is 12.0. The number of nitriles is 1. The first-order valence-corrected chi connectivity index (χ1v) is 8.42. The first-order valence-electron chi connectivity index (χ1n) is 7.43. The molecule has 1 aliphatic carbocycles. The Bertz CT molecular complexity index is 824. The lowest BCUT2D eigenvalue weighted by Gasteiger charge is -2.10. The second kappa shape index (κ2) is 6.88. The van der Waals surface area contributed by atoms with Crippen molar-refractivity contribution in [2.24, 2.45) is 4.99 Å². The molecular formula is C15H16N6O2S. The number of nitrogens with zero attached hydrogens (tertiary/aromatic N) is 6. The van der Waals surface area contributed by atoms with Gasteiger partial charge in [0.15, 0.2) is 0 Å². The van der Waals surface area contributed by atoms with Crippen LogP contribution in [0.4, 0.5) is 5.88 Å². The fourth-order valence-electron chi connectivity index (χ4n) is 2.40. The summed E-state index contributed by atoms with van der Waals surface area (Å²) in [7, 11) is 3.57. The zero-order valence-corrected chi connectivity index (χ0v) is 14.2. The SMILES string of the molecule is CN(C)[n+]1cc(/N=C(\[O-])CSc2nc3c(cc2C#N)CCC3)on1. The highest BCUT2D eigenvalue weighted by Crippen LogP contribution is 2.27. The van der Waals surface area contributed by atoms with Gasteiger partial charge in [-0.2, -0.15) is 10.3 Å². The minimum absolute atomic E-state index is 0.0864. The number of aliphatic imine (C=N–C) groups is 1. The maximum absolute atomic E-state index is 12.0. The van der Waals surface area contributed by atoms with Gasteiger partial charge in [-0.05, 0) is 36.8 Å². The molecule has 0 spiro atoms. The van der Waals surface area contributed by atoms with E-state index in [1.807, 2.05) is 6.07 Å². The van der Waals surface area contributed by atoms with Gasteiger partial charge >= 0.3 is 5.88 Å². The van der Waals surface area contributed by atoms with Crippen molar-refractivity contribution in [1.29, 1.82) is 5.26 Å². The fraction of sp³-hybridized carbons (Fsp3) is 0.400. The molecule has 24 heavy (non-hydrogen) atoms. The molecule has 0 atom stereocenters. The van der Waals surface area contributed by atoms with Crippen molar-refractivity contribution in [3.8, 4) is 6.07 Å². The van der Waals surface area contributed by atoms with Crippen molar-refractivity contribution in [3.63, 3.8) is 0 Å². The van der Waals surface area contributed by atoms with Gasteiger partial charge in [-0.1, -0.05) is 11.8 Å². The minimum atomic E-state index is -0.367. The summed E-state index contributed by atoms with van der Waals surface area (Å²) in [6, 6.07) is 4.04. The second-order valence-electron chi connectivity index (χ2n) is 5.51. The molecule has 0 aliphatic heterocycles. The molecular weight excluding hydrogens is 328 g/mol. The van der Waals surface area contributed by atoms with E-state index < -0.39 is 0 Å². The first-order chi connectivity index (χ1) is 11.6. The Kier molecular flexibility index (Phi) is 4.66. The number of aryl methyl sites for hydroxylation is 2. The normalized spacial score (nSPS) is 13.6. The van der Waals surface area contributed by atoms with Crippen molar-refractivity contribution in [1.82, 2.24) is 10.3 Å². The third kappa shape index (κ3) is 3.49. The van der Waals surface area contributed by atoms with Gasteiger partial charge in [-0.15, -0.1) is 0 Å². The molecule has 0 aromatic carbocycles. The van der Waals surface area contributed by atoms with E-state index in [9.17, 15) is 10.4 Å². The molecule has 8 nitrogen and oxygen atoms in total. The molecule has 0 fully saturated rings. The maximum Gasteiger partial charge on any atom is 0.324 e. The zero-order valence-electron chi connectivity index (χ0n) is 13.4. The van der Waals surface area contributed by atoms with E-state index in [4.69, 9.17) is 4.52 Å². The monoisotopic (exact) mass is 344 g/mol. The Labute approximate surface area is 143 Å². The summed E-state index contributed by atoms with van der Waals surface area (Å²) in [5.41, 5.74) is 2.68. The van der Waals surface area contributed by atoms with E-state index in [2.05, 4.69) is 21.3 Å². The summed E-state index contributed by atoms with van der Waals surface area (Å²) in [5, 5.41) is 27.2. The molecule has 3 rings (SSSR count). The molecule has 2 aromatic rings. The molecule has 0 amide bonds. The van der Waals surface area contributed by atoms with Crippen LogP contribution in [0.1, 0.15) is 23.2 Å². The predicted molar refractivity (Wildman–Crippen MR) is 85.6 cm³/mol. The molecule has 0 N–H and O–H groups in total. The van der Waals surface area contributed by atoms with Crippen LogP contribution in [0.25, 0.3) is 0 Å². The van der Waals surface area contributed by atoms with Gasteiger partial charge in [0, 0.05) is 11.4 Å². The van der Waals surface area contributed by atoms with Crippen LogP contribution in [0, 0.1) is 11.3 Å². The molecule has 9 heteroatoms. The molecule has 2 aromatic heterocycles. The van der Waals surface area contributed by atoms with E-state index >= 15 is 0 Å². The molecule has 0 saturated carbocycles. The number of rotatable bonds is 5. The molecule has 0 bridgehead atoms. The number of pyridine rings is 1. The lowest BCUT2D eigenvalue weighted by atomic mass is 10.2. The summed E-state index contributed by atoms with van der Waals surface area (Å²) in [6.07, 6.45) is 4.47. The quantitative estimate of drug-likeness (QED) is 0.328. The van der Waals surface area contributed by atoms with Gasteiger partial charge in [0.1, 0.15) is 11.1 Å². The Morgan fingerprint density at radius 1 is 1.54 bits per heavy atom. The number of hydrogen-bond acceptors (Lipinski definition) is 8. The Hall–Kier alpha value is -2.60. The van der Waals surface area contributed by atoms with Gasteiger partial charge < -0.3 is 5.11 Å². The Balaban J connectivity index is 1.71. The lowest BCUT2D eigenvalue weighted by molar-refractivity contribution is -0.753. The molecule has 2 heterocycles. The smallest absolute Gasteiger partial charge is 0.324 e. The first kappa shape index (κ1) is 16.3. The third-order valence-electron chi connectivity index (χ3n) is 3.56. The third-order valence-corrected chi connectivity index (χ3v) is 4.53. The van der Waals surface area contributed by atoms with Crippen molar-refractivity contribution in [2.45, 2.75) is 24.3 Å². The van der Waals surface area contributed by atoms with Crippen molar-refractivity contribution in [3.05, 3.63) is 29.1 Å². The van der Waals surface area contributed by atoms with Crippen molar-refractivity contribution < 1.29 is 14.4 Å². The molecule has 0 unspecified atom stereocenters. The summed E-state index contributed by atoms with van der Waals surface area (Å²) in [5.74, 6) is -0.145.